The van der Waals surface area contributed by atoms with Crippen LogP contribution in [0.25, 0.3) is 0 Å². The molecule has 1 aliphatic heterocycles. The first-order valence-corrected chi connectivity index (χ1v) is 6.48. The van der Waals surface area contributed by atoms with E-state index in [0.717, 1.165) is 4.90 Å². The highest BCUT2D eigenvalue weighted by Crippen LogP contribution is 2.40. The molecule has 0 saturated heterocycles. The molecule has 0 bridgehead atoms. The van der Waals surface area contributed by atoms with Gasteiger partial charge in [-0.2, -0.15) is 0 Å². The van der Waals surface area contributed by atoms with Crippen LogP contribution in [0.5, 0.6) is 0 Å². The van der Waals surface area contributed by atoms with Gasteiger partial charge in [0, 0.05) is 10.6 Å². The van der Waals surface area contributed by atoms with Crippen LogP contribution in [0, 0.1) is 0 Å². The maximum Gasteiger partial charge on any atom is 0.240 e. The lowest BCUT2D eigenvalue weighted by atomic mass is 10.1. The molecule has 18 heavy (non-hydrogen) atoms. The minimum atomic E-state index is -0.664. The van der Waals surface area contributed by atoms with Crippen molar-refractivity contribution in [1.29, 1.82) is 0 Å². The van der Waals surface area contributed by atoms with E-state index in [2.05, 4.69) is 0 Å². The molecule has 5 nitrogen and oxygen atoms in total. The van der Waals surface area contributed by atoms with Crippen molar-refractivity contribution in [3.05, 3.63) is 18.2 Å². The molecule has 2 unspecified atom stereocenters. The number of hydrogen-bond acceptors (Lipinski definition) is 4. The largest absolute Gasteiger partial charge is 0.399 e. The van der Waals surface area contributed by atoms with E-state index in [1.165, 1.54) is 16.7 Å². The van der Waals surface area contributed by atoms with Gasteiger partial charge in [-0.15, -0.1) is 11.8 Å². The predicted molar refractivity (Wildman–Crippen MR) is 72.3 cm³/mol. The molecule has 0 aromatic heterocycles. The van der Waals surface area contributed by atoms with Gasteiger partial charge in [-0.25, -0.2) is 0 Å². The highest BCUT2D eigenvalue weighted by molar-refractivity contribution is 8.01. The minimum Gasteiger partial charge on any atom is -0.399 e. The summed E-state index contributed by atoms with van der Waals surface area (Å²) >= 11 is 1.44. The van der Waals surface area contributed by atoms with Crippen molar-refractivity contribution in [3.63, 3.8) is 0 Å². The maximum absolute atomic E-state index is 12.2. The molecule has 0 spiro atoms. The summed E-state index contributed by atoms with van der Waals surface area (Å²) in [5.41, 5.74) is 12.4. The molecule has 1 aromatic rings. The molecule has 1 heterocycles. The summed E-state index contributed by atoms with van der Waals surface area (Å²) in [6.45, 7) is 3.43. The van der Waals surface area contributed by atoms with E-state index in [-0.39, 0.29) is 11.2 Å². The van der Waals surface area contributed by atoms with Crippen LogP contribution in [0.15, 0.2) is 23.1 Å². The third kappa shape index (κ3) is 2.03. The van der Waals surface area contributed by atoms with E-state index >= 15 is 0 Å². The fraction of sp³-hybridized carbons (Fsp3) is 0.333. The molecule has 0 saturated carbocycles. The Morgan fingerprint density at radius 3 is 2.78 bits per heavy atom. The minimum absolute atomic E-state index is 0.108. The van der Waals surface area contributed by atoms with Crippen molar-refractivity contribution >= 4 is 35.0 Å². The van der Waals surface area contributed by atoms with E-state index < -0.39 is 11.9 Å². The molecule has 2 amide bonds. The Hall–Kier alpha value is -1.69. The second-order valence-corrected chi connectivity index (χ2v) is 5.66. The first kappa shape index (κ1) is 12.8. The molecule has 2 atom stereocenters. The highest BCUT2D eigenvalue weighted by Gasteiger charge is 2.35. The van der Waals surface area contributed by atoms with E-state index in [9.17, 15) is 9.59 Å². The van der Waals surface area contributed by atoms with Crippen molar-refractivity contribution in [2.75, 3.05) is 10.6 Å². The summed E-state index contributed by atoms with van der Waals surface area (Å²) in [6, 6.07) is 4.61. The number of hydrogen-bond donors (Lipinski definition) is 2. The lowest BCUT2D eigenvalue weighted by Gasteiger charge is -2.35. The fourth-order valence-electron chi connectivity index (χ4n) is 1.91. The van der Waals surface area contributed by atoms with Crippen LogP contribution >= 0.6 is 11.8 Å². The molecule has 4 N–H and O–H groups in total. The molecule has 0 aliphatic carbocycles. The van der Waals surface area contributed by atoms with Gasteiger partial charge in [0.25, 0.3) is 0 Å². The number of nitrogens with zero attached hydrogens (tertiary/aromatic N) is 1. The monoisotopic (exact) mass is 265 g/mol. The van der Waals surface area contributed by atoms with Crippen LogP contribution in [0.4, 0.5) is 11.4 Å². The van der Waals surface area contributed by atoms with Gasteiger partial charge in [0.15, 0.2) is 0 Å². The smallest absolute Gasteiger partial charge is 0.240 e. The normalized spacial score (nSPS) is 20.4. The lowest BCUT2D eigenvalue weighted by Crippen LogP contribution is -2.50. The Labute approximate surface area is 110 Å². The second-order valence-electron chi connectivity index (χ2n) is 4.27. The molecule has 1 aromatic carbocycles. The number of nitrogen functional groups attached to an aromatic ring is 1. The van der Waals surface area contributed by atoms with Crippen molar-refractivity contribution in [2.24, 2.45) is 5.73 Å². The number of rotatable bonds is 2. The first-order chi connectivity index (χ1) is 8.41. The molecule has 96 valence electrons. The Kier molecular flexibility index (Phi) is 3.21. The van der Waals surface area contributed by atoms with E-state index in [1.807, 2.05) is 6.07 Å². The molecular weight excluding hydrogens is 250 g/mol. The average molecular weight is 265 g/mol. The zero-order chi connectivity index (χ0) is 13.4. The number of fused-ring (bicyclic) bond motifs is 1. The first-order valence-electron chi connectivity index (χ1n) is 5.60. The summed E-state index contributed by atoms with van der Waals surface area (Å²) in [5, 5.41) is -0.249. The standard InChI is InChI=1S/C12H15N3O2S/c1-6(11(14)16)15-9-4-3-8(13)5-10(9)18-7(2)12(15)17/h3-7H,13H2,1-2H3,(H2,14,16). The van der Waals surface area contributed by atoms with Crippen molar-refractivity contribution < 1.29 is 9.59 Å². The Bertz CT molecular complexity index is 518. The average Bonchev–Trinajstić information content (AvgIpc) is 2.30. The van der Waals surface area contributed by atoms with Gasteiger partial charge >= 0.3 is 0 Å². The number of anilines is 2. The van der Waals surface area contributed by atoms with E-state index in [0.29, 0.717) is 11.4 Å². The van der Waals surface area contributed by atoms with Crippen molar-refractivity contribution in [2.45, 2.75) is 30.0 Å². The Balaban J connectivity index is 2.52. The summed E-state index contributed by atoms with van der Waals surface area (Å²) in [5.74, 6) is -0.631. The number of thioether (sulfide) groups is 1. The topological polar surface area (TPSA) is 89.4 Å². The molecule has 0 fully saturated rings. The number of benzene rings is 1. The molecule has 0 radical (unpaired) electrons. The van der Waals surface area contributed by atoms with Gasteiger partial charge in [0.2, 0.25) is 11.8 Å². The summed E-state index contributed by atoms with van der Waals surface area (Å²) in [7, 11) is 0. The van der Waals surface area contributed by atoms with Gasteiger partial charge in [-0.1, -0.05) is 0 Å². The highest BCUT2D eigenvalue weighted by atomic mass is 32.2. The number of amides is 2. The lowest BCUT2D eigenvalue weighted by molar-refractivity contribution is -0.124. The van der Waals surface area contributed by atoms with Crippen LogP contribution in [-0.4, -0.2) is 23.1 Å². The van der Waals surface area contributed by atoms with Gasteiger partial charge in [0.05, 0.1) is 10.9 Å². The third-order valence-corrected chi connectivity index (χ3v) is 4.07. The van der Waals surface area contributed by atoms with Crippen molar-refractivity contribution in [3.8, 4) is 0 Å². The van der Waals surface area contributed by atoms with Crippen LogP contribution in [0.1, 0.15) is 13.8 Å². The van der Waals surface area contributed by atoms with Crippen molar-refractivity contribution in [1.82, 2.24) is 0 Å². The third-order valence-electron chi connectivity index (χ3n) is 2.93. The van der Waals surface area contributed by atoms with Crippen LogP contribution < -0.4 is 16.4 Å². The number of primary amides is 1. The molecule has 2 rings (SSSR count). The van der Waals surface area contributed by atoms with E-state index in [4.69, 9.17) is 11.5 Å². The molecule has 6 heteroatoms. The van der Waals surface area contributed by atoms with Gasteiger partial charge in [0.1, 0.15) is 6.04 Å². The number of carbonyl (C=O) groups is 2. The van der Waals surface area contributed by atoms with Gasteiger partial charge in [-0.3, -0.25) is 14.5 Å². The van der Waals surface area contributed by atoms with Crippen LogP contribution in [0.2, 0.25) is 0 Å². The number of carbonyl (C=O) groups excluding carboxylic acids is 2. The van der Waals surface area contributed by atoms with Gasteiger partial charge < -0.3 is 11.5 Å². The zero-order valence-electron chi connectivity index (χ0n) is 10.2. The number of nitrogens with two attached hydrogens (primary N) is 2. The Morgan fingerprint density at radius 2 is 2.17 bits per heavy atom. The molecular formula is C12H15N3O2S. The molecule has 1 aliphatic rings. The Morgan fingerprint density at radius 1 is 1.50 bits per heavy atom. The maximum atomic E-state index is 12.2. The van der Waals surface area contributed by atoms with E-state index in [1.54, 1.807) is 26.0 Å². The fourth-order valence-corrected chi connectivity index (χ4v) is 2.99. The zero-order valence-corrected chi connectivity index (χ0v) is 11.0. The summed E-state index contributed by atoms with van der Waals surface area (Å²) < 4.78 is 0. The summed E-state index contributed by atoms with van der Waals surface area (Å²) in [6.07, 6.45) is 0. The summed E-state index contributed by atoms with van der Waals surface area (Å²) in [4.78, 5) is 25.9. The van der Waals surface area contributed by atoms with Crippen LogP contribution in [-0.2, 0) is 9.59 Å². The predicted octanol–water partition coefficient (Wildman–Crippen LogP) is 0.970. The van der Waals surface area contributed by atoms with Crippen LogP contribution in [0.3, 0.4) is 0 Å². The second kappa shape index (κ2) is 4.53. The SMILES string of the molecule is CC1Sc2cc(N)ccc2N(C(C)C(N)=O)C1=O. The quantitative estimate of drug-likeness (QED) is 0.780. The van der Waals surface area contributed by atoms with Gasteiger partial charge in [-0.05, 0) is 32.0 Å².